The van der Waals surface area contributed by atoms with E-state index in [1.807, 2.05) is 22.7 Å². The minimum Gasteiger partial charge on any atom is -0.135 e. The number of hydrogen-bond acceptors (Lipinski definition) is 2. The molecule has 10 rings (SSSR count). The molecule has 2 aromatic heterocycles. The van der Waals surface area contributed by atoms with Gasteiger partial charge < -0.3 is 0 Å². The van der Waals surface area contributed by atoms with Crippen LogP contribution in [0.1, 0.15) is 90.2 Å². The SMILES string of the molecule is CCC1C(c2ccccc2)C=C(c2ccc(CCC(c3ccc(-c4cc5ccccc5s4)cc3)c3ccc(-c4cc5ccccc5s4)cc3)cc2)CCCC1c1ccccc1. The zero-order valence-corrected chi connectivity index (χ0v) is 36.6. The van der Waals surface area contributed by atoms with Crippen molar-refractivity contribution in [2.75, 3.05) is 0 Å². The molecule has 3 atom stereocenters. The van der Waals surface area contributed by atoms with Crippen molar-refractivity contribution in [2.45, 2.75) is 63.2 Å². The molecule has 0 fully saturated rings. The van der Waals surface area contributed by atoms with Crippen molar-refractivity contribution in [3.05, 3.63) is 234 Å². The fourth-order valence-electron chi connectivity index (χ4n) is 10.0. The van der Waals surface area contributed by atoms with E-state index in [0.29, 0.717) is 17.8 Å². The maximum atomic E-state index is 2.65. The standard InChI is InChI=1S/C59H52S2/c1-2-52-54(43-14-5-3-6-15-43)21-13-20-49(38-55(52)44-16-7-4-8-17-44)42-27-24-41(25-28-42)26-37-53(45-29-33-47(34-30-45)58-39-50-18-9-11-22-56(50)60-58)46-31-35-48(36-32-46)59-40-51-19-10-12-23-57(51)61-59/h3-12,14-19,22-25,27-36,38-40,52-55H,2,13,20-21,26,37H2,1H3. The van der Waals surface area contributed by atoms with Crippen LogP contribution in [0.4, 0.5) is 0 Å². The van der Waals surface area contributed by atoms with E-state index in [9.17, 15) is 0 Å². The first-order chi connectivity index (χ1) is 30.2. The smallest absolute Gasteiger partial charge is 0.0355 e. The lowest BCUT2D eigenvalue weighted by Gasteiger charge is -2.35. The van der Waals surface area contributed by atoms with Gasteiger partial charge in [0.2, 0.25) is 0 Å². The van der Waals surface area contributed by atoms with Crippen LogP contribution in [0.2, 0.25) is 0 Å². The van der Waals surface area contributed by atoms with Gasteiger partial charge in [0.15, 0.2) is 0 Å². The minimum absolute atomic E-state index is 0.288. The first-order valence-corrected chi connectivity index (χ1v) is 23.9. The molecule has 0 bridgehead atoms. The van der Waals surface area contributed by atoms with Gasteiger partial charge in [0, 0.05) is 31.0 Å². The number of hydrogen-bond donors (Lipinski definition) is 0. The Hall–Kier alpha value is -5.80. The largest absolute Gasteiger partial charge is 0.135 e. The minimum atomic E-state index is 0.288. The van der Waals surface area contributed by atoms with Crippen LogP contribution in [0, 0.1) is 5.92 Å². The topological polar surface area (TPSA) is 0 Å². The first kappa shape index (κ1) is 39.3. The van der Waals surface area contributed by atoms with Crippen LogP contribution in [0.5, 0.6) is 0 Å². The second kappa shape index (κ2) is 18.0. The van der Waals surface area contributed by atoms with Gasteiger partial charge >= 0.3 is 0 Å². The summed E-state index contributed by atoms with van der Waals surface area (Å²) >= 11 is 3.76. The fraction of sp³-hybridized carbons (Fsp3) is 0.186. The van der Waals surface area contributed by atoms with Gasteiger partial charge in [-0.2, -0.15) is 0 Å². The van der Waals surface area contributed by atoms with Gasteiger partial charge in [-0.15, -0.1) is 22.7 Å². The van der Waals surface area contributed by atoms with Crippen molar-refractivity contribution < 1.29 is 0 Å². The van der Waals surface area contributed by atoms with Gasteiger partial charge in [0.25, 0.3) is 0 Å². The Labute approximate surface area is 369 Å². The van der Waals surface area contributed by atoms with Gasteiger partial charge in [0.1, 0.15) is 0 Å². The Morgan fingerprint density at radius 3 is 1.57 bits per heavy atom. The maximum Gasteiger partial charge on any atom is 0.0355 e. The number of rotatable bonds is 11. The van der Waals surface area contributed by atoms with Gasteiger partial charge in [-0.25, -0.2) is 0 Å². The molecule has 1 aliphatic rings. The van der Waals surface area contributed by atoms with E-state index in [1.54, 1.807) is 0 Å². The summed E-state index contributed by atoms with van der Waals surface area (Å²) < 4.78 is 2.68. The second-order valence-corrected chi connectivity index (χ2v) is 19.1. The van der Waals surface area contributed by atoms with Gasteiger partial charge in [-0.3, -0.25) is 0 Å². The molecule has 0 radical (unpaired) electrons. The number of thiophene rings is 2. The Morgan fingerprint density at radius 1 is 0.525 bits per heavy atom. The summed E-state index contributed by atoms with van der Waals surface area (Å²) in [6.45, 7) is 2.40. The Balaban J connectivity index is 0.921. The molecule has 0 spiro atoms. The van der Waals surface area contributed by atoms with Crippen molar-refractivity contribution >= 4 is 48.4 Å². The molecule has 0 amide bonds. The first-order valence-electron chi connectivity index (χ1n) is 22.2. The molecule has 0 aliphatic heterocycles. The molecule has 0 nitrogen and oxygen atoms in total. The monoisotopic (exact) mass is 824 g/mol. The zero-order valence-electron chi connectivity index (χ0n) is 34.9. The van der Waals surface area contributed by atoms with Crippen LogP contribution in [-0.4, -0.2) is 0 Å². The van der Waals surface area contributed by atoms with Crippen LogP contribution in [-0.2, 0) is 6.42 Å². The summed E-state index contributed by atoms with van der Waals surface area (Å²) in [7, 11) is 0. The summed E-state index contributed by atoms with van der Waals surface area (Å²) in [6, 6.07) is 73.2. The third-order valence-corrected chi connectivity index (χ3v) is 15.6. The van der Waals surface area contributed by atoms with E-state index in [0.717, 1.165) is 25.7 Å². The Bertz CT molecular complexity index is 2680. The van der Waals surface area contributed by atoms with Crippen LogP contribution < -0.4 is 0 Å². The van der Waals surface area contributed by atoms with Crippen molar-refractivity contribution in [2.24, 2.45) is 5.92 Å². The molecule has 3 unspecified atom stereocenters. The molecule has 1 aliphatic carbocycles. The van der Waals surface area contributed by atoms with Gasteiger partial charge in [0.05, 0.1) is 0 Å². The highest BCUT2D eigenvalue weighted by molar-refractivity contribution is 7.22. The van der Waals surface area contributed by atoms with E-state index in [1.165, 1.54) is 92.8 Å². The zero-order chi connectivity index (χ0) is 41.0. The average molecular weight is 825 g/mol. The van der Waals surface area contributed by atoms with Crippen LogP contribution in [0.3, 0.4) is 0 Å². The number of fused-ring (bicyclic) bond motifs is 2. The molecular formula is C59H52S2. The number of benzene rings is 7. The lowest BCUT2D eigenvalue weighted by atomic mass is 9.69. The van der Waals surface area contributed by atoms with E-state index >= 15 is 0 Å². The van der Waals surface area contributed by atoms with Gasteiger partial charge in [-0.1, -0.05) is 189 Å². The van der Waals surface area contributed by atoms with Crippen LogP contribution >= 0.6 is 22.7 Å². The number of allylic oxidation sites excluding steroid dienone is 2. The highest BCUT2D eigenvalue weighted by Crippen LogP contribution is 2.46. The van der Waals surface area contributed by atoms with E-state index in [4.69, 9.17) is 0 Å². The molecule has 2 heteroatoms. The lowest BCUT2D eigenvalue weighted by Crippen LogP contribution is -2.21. The fourth-order valence-corrected chi connectivity index (χ4v) is 12.2. The number of aryl methyl sites for hydroxylation is 1. The third-order valence-electron chi connectivity index (χ3n) is 13.3. The van der Waals surface area contributed by atoms with Crippen molar-refractivity contribution in [3.63, 3.8) is 0 Å². The second-order valence-electron chi connectivity index (χ2n) is 16.9. The highest BCUT2D eigenvalue weighted by atomic mass is 32.1. The highest BCUT2D eigenvalue weighted by Gasteiger charge is 2.31. The summed E-state index contributed by atoms with van der Waals surface area (Å²) in [6.07, 6.45) is 9.40. The van der Waals surface area contributed by atoms with Gasteiger partial charge in [-0.05, 0) is 129 Å². The summed E-state index contributed by atoms with van der Waals surface area (Å²) in [4.78, 5) is 2.65. The molecule has 7 aromatic carbocycles. The predicted molar refractivity (Wildman–Crippen MR) is 265 cm³/mol. The molecule has 0 saturated carbocycles. The van der Waals surface area contributed by atoms with Crippen molar-refractivity contribution in [1.82, 2.24) is 0 Å². The van der Waals surface area contributed by atoms with Crippen LogP contribution in [0.25, 0.3) is 46.6 Å². The Kier molecular flexibility index (Phi) is 11.6. The molecule has 0 N–H and O–H groups in total. The molecule has 0 saturated heterocycles. The third kappa shape index (κ3) is 8.58. The molecule has 61 heavy (non-hydrogen) atoms. The normalized spacial score (nSPS) is 17.0. The van der Waals surface area contributed by atoms with E-state index in [-0.39, 0.29) is 5.92 Å². The quantitative estimate of drug-likeness (QED) is 0.122. The lowest BCUT2D eigenvalue weighted by molar-refractivity contribution is 0.348. The van der Waals surface area contributed by atoms with Crippen LogP contribution in [0.15, 0.2) is 200 Å². The predicted octanol–water partition coefficient (Wildman–Crippen LogP) is 17.4. The molecule has 9 aromatic rings. The molecular weight excluding hydrogens is 773 g/mol. The average Bonchev–Trinajstić information content (AvgIpc) is 3.96. The van der Waals surface area contributed by atoms with Crippen molar-refractivity contribution in [3.8, 4) is 20.9 Å². The summed E-state index contributed by atoms with van der Waals surface area (Å²) in [5, 5.41) is 2.63. The molecule has 300 valence electrons. The van der Waals surface area contributed by atoms with Crippen molar-refractivity contribution in [1.29, 1.82) is 0 Å². The summed E-state index contributed by atoms with van der Waals surface area (Å²) in [5.41, 5.74) is 12.5. The molecule has 2 heterocycles. The van der Waals surface area contributed by atoms with E-state index < -0.39 is 0 Å². The summed E-state index contributed by atoms with van der Waals surface area (Å²) in [5.74, 6) is 1.77. The Morgan fingerprint density at radius 2 is 1.03 bits per heavy atom. The maximum absolute atomic E-state index is 2.65. The van der Waals surface area contributed by atoms with E-state index in [2.05, 4.69) is 207 Å².